The first-order chi connectivity index (χ1) is 7.84. The summed E-state index contributed by atoms with van der Waals surface area (Å²) in [7, 11) is 0. The maximum atomic E-state index is 11.9. The van der Waals surface area contributed by atoms with Gasteiger partial charge in [-0.3, -0.25) is 4.79 Å². The molecule has 1 rings (SSSR count). The fourth-order valence-corrected chi connectivity index (χ4v) is 2.63. The molecule has 0 spiro atoms. The van der Waals surface area contributed by atoms with Crippen molar-refractivity contribution in [2.45, 2.75) is 59.4 Å². The van der Waals surface area contributed by atoms with Crippen LogP contribution >= 0.6 is 0 Å². The van der Waals surface area contributed by atoms with Crippen LogP contribution in [0.2, 0.25) is 0 Å². The van der Waals surface area contributed by atoms with Crippen molar-refractivity contribution in [2.24, 2.45) is 17.3 Å². The summed E-state index contributed by atoms with van der Waals surface area (Å²) >= 11 is 0. The topological polar surface area (TPSA) is 49.3 Å². The van der Waals surface area contributed by atoms with Gasteiger partial charge >= 0.3 is 0 Å². The third-order valence-electron chi connectivity index (χ3n) is 3.99. The normalized spacial score (nSPS) is 27.6. The summed E-state index contributed by atoms with van der Waals surface area (Å²) in [5, 5.41) is 11.8. The van der Waals surface area contributed by atoms with E-state index in [-0.39, 0.29) is 24.5 Å². The average Bonchev–Trinajstić information content (AvgIpc) is 2.27. The van der Waals surface area contributed by atoms with Crippen LogP contribution in [0, 0.1) is 17.3 Å². The van der Waals surface area contributed by atoms with E-state index < -0.39 is 0 Å². The Bertz CT molecular complexity index is 249. The second kappa shape index (κ2) is 5.85. The van der Waals surface area contributed by atoms with Gasteiger partial charge in [0.1, 0.15) is 0 Å². The quantitative estimate of drug-likeness (QED) is 0.797. The standard InChI is InChI=1S/C14H27NO2/c1-10(9-16)15-13(17)11-5-7-12(8-6-11)14(2,3)4/h10-12,16H,5-9H2,1-4H3,(H,15,17)/t10-,11?,12?/m0/s1. The molecule has 3 heteroatoms. The van der Waals surface area contributed by atoms with Crippen molar-refractivity contribution in [1.82, 2.24) is 5.32 Å². The Morgan fingerprint density at radius 2 is 1.82 bits per heavy atom. The number of rotatable bonds is 3. The van der Waals surface area contributed by atoms with E-state index in [4.69, 9.17) is 5.11 Å². The third-order valence-corrected chi connectivity index (χ3v) is 3.99. The van der Waals surface area contributed by atoms with Gasteiger partial charge in [0.05, 0.1) is 6.61 Å². The van der Waals surface area contributed by atoms with Gasteiger partial charge < -0.3 is 10.4 Å². The van der Waals surface area contributed by atoms with Crippen LogP contribution in [-0.4, -0.2) is 23.7 Å². The van der Waals surface area contributed by atoms with E-state index in [1.807, 2.05) is 6.92 Å². The lowest BCUT2D eigenvalue weighted by atomic mass is 9.69. The van der Waals surface area contributed by atoms with Crippen molar-refractivity contribution in [2.75, 3.05) is 6.61 Å². The molecule has 100 valence electrons. The molecule has 1 aliphatic carbocycles. The summed E-state index contributed by atoms with van der Waals surface area (Å²) in [6.45, 7) is 8.70. The average molecular weight is 241 g/mol. The Morgan fingerprint density at radius 1 is 1.29 bits per heavy atom. The van der Waals surface area contributed by atoms with E-state index in [9.17, 15) is 4.79 Å². The minimum absolute atomic E-state index is 0.0169. The zero-order valence-electron chi connectivity index (χ0n) is 11.6. The monoisotopic (exact) mass is 241 g/mol. The lowest BCUT2D eigenvalue weighted by Crippen LogP contribution is -2.41. The van der Waals surface area contributed by atoms with E-state index in [0.29, 0.717) is 5.41 Å². The maximum absolute atomic E-state index is 11.9. The van der Waals surface area contributed by atoms with E-state index in [0.717, 1.165) is 31.6 Å². The Hall–Kier alpha value is -0.570. The molecule has 0 radical (unpaired) electrons. The van der Waals surface area contributed by atoms with Crippen LogP contribution < -0.4 is 5.32 Å². The summed E-state index contributed by atoms with van der Waals surface area (Å²) in [6, 6.07) is -0.122. The van der Waals surface area contributed by atoms with Crippen LogP contribution in [-0.2, 0) is 4.79 Å². The molecule has 0 heterocycles. The summed E-state index contributed by atoms with van der Waals surface area (Å²) in [4.78, 5) is 11.9. The number of nitrogens with one attached hydrogen (secondary N) is 1. The molecule has 0 aliphatic heterocycles. The molecular weight excluding hydrogens is 214 g/mol. The lowest BCUT2D eigenvalue weighted by Gasteiger charge is -2.36. The van der Waals surface area contributed by atoms with Crippen molar-refractivity contribution in [3.63, 3.8) is 0 Å². The molecule has 1 amide bonds. The maximum Gasteiger partial charge on any atom is 0.223 e. The van der Waals surface area contributed by atoms with Crippen molar-refractivity contribution in [3.05, 3.63) is 0 Å². The molecule has 0 aromatic carbocycles. The van der Waals surface area contributed by atoms with Gasteiger partial charge in [-0.2, -0.15) is 0 Å². The molecule has 0 aromatic heterocycles. The Labute approximate surface area is 105 Å². The predicted molar refractivity (Wildman–Crippen MR) is 69.6 cm³/mol. The zero-order valence-corrected chi connectivity index (χ0v) is 11.6. The molecule has 1 aliphatic rings. The molecule has 0 unspecified atom stereocenters. The molecule has 0 saturated heterocycles. The molecule has 1 atom stereocenters. The zero-order chi connectivity index (χ0) is 13.1. The molecule has 17 heavy (non-hydrogen) atoms. The number of carbonyl (C=O) groups excluding carboxylic acids is 1. The van der Waals surface area contributed by atoms with E-state index in [2.05, 4.69) is 26.1 Å². The molecule has 0 bridgehead atoms. The fraction of sp³-hybridized carbons (Fsp3) is 0.929. The van der Waals surface area contributed by atoms with Crippen molar-refractivity contribution in [3.8, 4) is 0 Å². The highest BCUT2D eigenvalue weighted by Crippen LogP contribution is 2.39. The van der Waals surface area contributed by atoms with Gasteiger partial charge in [-0.1, -0.05) is 20.8 Å². The third kappa shape index (κ3) is 4.30. The van der Waals surface area contributed by atoms with Crippen LogP contribution in [0.4, 0.5) is 0 Å². The Balaban J connectivity index is 2.39. The number of hydrogen-bond acceptors (Lipinski definition) is 2. The highest BCUT2D eigenvalue weighted by molar-refractivity contribution is 5.78. The minimum Gasteiger partial charge on any atom is -0.394 e. The summed E-state index contributed by atoms with van der Waals surface area (Å²) < 4.78 is 0. The molecule has 3 nitrogen and oxygen atoms in total. The van der Waals surface area contributed by atoms with Crippen LogP contribution in [0.3, 0.4) is 0 Å². The van der Waals surface area contributed by atoms with E-state index in [1.165, 1.54) is 0 Å². The Kier molecular flexibility index (Phi) is 4.99. The highest BCUT2D eigenvalue weighted by Gasteiger charge is 2.32. The van der Waals surface area contributed by atoms with Crippen LogP contribution in [0.25, 0.3) is 0 Å². The number of aliphatic hydroxyl groups excluding tert-OH is 1. The fourth-order valence-electron chi connectivity index (χ4n) is 2.63. The minimum atomic E-state index is -0.122. The van der Waals surface area contributed by atoms with Gasteiger partial charge in [-0.15, -0.1) is 0 Å². The number of carbonyl (C=O) groups is 1. The largest absolute Gasteiger partial charge is 0.394 e. The molecule has 1 saturated carbocycles. The second-order valence-electron chi connectivity index (χ2n) is 6.51. The van der Waals surface area contributed by atoms with Crippen LogP contribution in [0.1, 0.15) is 53.4 Å². The van der Waals surface area contributed by atoms with Gasteiger partial charge in [-0.05, 0) is 43.9 Å². The first kappa shape index (κ1) is 14.5. The molecule has 0 aromatic rings. The number of hydrogen-bond donors (Lipinski definition) is 2. The smallest absolute Gasteiger partial charge is 0.223 e. The number of amides is 1. The first-order valence-electron chi connectivity index (χ1n) is 6.75. The van der Waals surface area contributed by atoms with Gasteiger partial charge in [0.25, 0.3) is 0 Å². The SMILES string of the molecule is C[C@@H](CO)NC(=O)C1CCC(C(C)(C)C)CC1. The molecule has 1 fully saturated rings. The van der Waals surface area contributed by atoms with Crippen molar-refractivity contribution < 1.29 is 9.90 Å². The van der Waals surface area contributed by atoms with Gasteiger partial charge in [0.2, 0.25) is 5.91 Å². The van der Waals surface area contributed by atoms with Crippen LogP contribution in [0.5, 0.6) is 0 Å². The lowest BCUT2D eigenvalue weighted by molar-refractivity contribution is -0.127. The van der Waals surface area contributed by atoms with Gasteiger partial charge in [-0.25, -0.2) is 0 Å². The first-order valence-corrected chi connectivity index (χ1v) is 6.75. The van der Waals surface area contributed by atoms with Gasteiger partial charge in [0.15, 0.2) is 0 Å². The van der Waals surface area contributed by atoms with Crippen molar-refractivity contribution >= 4 is 5.91 Å². The second-order valence-corrected chi connectivity index (χ2v) is 6.51. The predicted octanol–water partition coefficient (Wildman–Crippen LogP) is 2.34. The summed E-state index contributed by atoms with van der Waals surface area (Å²) in [6.07, 6.45) is 4.28. The van der Waals surface area contributed by atoms with E-state index >= 15 is 0 Å². The Morgan fingerprint density at radius 3 is 2.24 bits per heavy atom. The summed E-state index contributed by atoms with van der Waals surface area (Å²) in [5.74, 6) is 1.02. The van der Waals surface area contributed by atoms with Crippen molar-refractivity contribution in [1.29, 1.82) is 0 Å². The van der Waals surface area contributed by atoms with Gasteiger partial charge in [0, 0.05) is 12.0 Å². The molecular formula is C14H27NO2. The number of aliphatic hydroxyl groups is 1. The summed E-state index contributed by atoms with van der Waals surface area (Å²) in [5.41, 5.74) is 0.361. The van der Waals surface area contributed by atoms with E-state index in [1.54, 1.807) is 0 Å². The van der Waals surface area contributed by atoms with Crippen LogP contribution in [0.15, 0.2) is 0 Å². The molecule has 2 N–H and O–H groups in total. The highest BCUT2D eigenvalue weighted by atomic mass is 16.3.